The van der Waals surface area contributed by atoms with Crippen LogP contribution in [0.3, 0.4) is 0 Å². The summed E-state index contributed by atoms with van der Waals surface area (Å²) in [6, 6.07) is 5.24. The van der Waals surface area contributed by atoms with Crippen LogP contribution < -0.4 is 5.32 Å². The van der Waals surface area contributed by atoms with Gasteiger partial charge in [-0.25, -0.2) is 0 Å². The first-order valence-corrected chi connectivity index (χ1v) is 9.56. The van der Waals surface area contributed by atoms with Crippen molar-refractivity contribution in [1.29, 1.82) is 0 Å². The van der Waals surface area contributed by atoms with E-state index < -0.39 is 0 Å². The van der Waals surface area contributed by atoms with E-state index in [1.165, 1.54) is 6.26 Å². The number of aryl methyl sites for hydroxylation is 1. The van der Waals surface area contributed by atoms with E-state index in [0.717, 1.165) is 32.8 Å². The molecule has 28 heavy (non-hydrogen) atoms. The van der Waals surface area contributed by atoms with Gasteiger partial charge in [0, 0.05) is 39.1 Å². The topological polar surface area (TPSA) is 88.2 Å². The van der Waals surface area contributed by atoms with Gasteiger partial charge in [-0.05, 0) is 25.1 Å². The number of hydrogen-bond acceptors (Lipinski definition) is 6. The minimum absolute atomic E-state index is 0.0746. The molecule has 2 amide bonds. The van der Waals surface area contributed by atoms with Crippen LogP contribution in [0.5, 0.6) is 0 Å². The van der Waals surface area contributed by atoms with Crippen molar-refractivity contribution in [2.24, 2.45) is 0 Å². The maximum Gasteiger partial charge on any atom is 0.257 e. The quantitative estimate of drug-likeness (QED) is 0.702. The second-order valence-electron chi connectivity index (χ2n) is 6.75. The average molecular weight is 389 g/mol. The SMILES string of the molecule is Cc1occc1C(=O)N(CCC(=O)NCCN1CCOCC1)Cc1ccco1. The molecule has 0 unspecified atom stereocenters. The molecule has 0 radical (unpaired) electrons. The van der Waals surface area contributed by atoms with Gasteiger partial charge in [-0.3, -0.25) is 14.5 Å². The molecule has 1 fully saturated rings. The van der Waals surface area contributed by atoms with Crippen LogP contribution in [0.1, 0.15) is 28.3 Å². The van der Waals surface area contributed by atoms with E-state index in [9.17, 15) is 9.59 Å². The Morgan fingerprint density at radius 2 is 2.00 bits per heavy atom. The van der Waals surface area contributed by atoms with Crippen molar-refractivity contribution in [2.45, 2.75) is 19.9 Å². The van der Waals surface area contributed by atoms with Crippen molar-refractivity contribution >= 4 is 11.8 Å². The summed E-state index contributed by atoms with van der Waals surface area (Å²) < 4.78 is 15.9. The molecule has 0 aromatic carbocycles. The van der Waals surface area contributed by atoms with Gasteiger partial charge >= 0.3 is 0 Å². The van der Waals surface area contributed by atoms with Gasteiger partial charge in [0.25, 0.3) is 5.91 Å². The lowest BCUT2D eigenvalue weighted by Gasteiger charge is -2.26. The summed E-state index contributed by atoms with van der Waals surface area (Å²) in [6.45, 7) is 7.01. The zero-order chi connectivity index (χ0) is 19.8. The molecule has 2 aromatic rings. The third-order valence-electron chi connectivity index (χ3n) is 4.77. The number of amides is 2. The third kappa shape index (κ3) is 5.71. The molecule has 8 nitrogen and oxygen atoms in total. The van der Waals surface area contributed by atoms with E-state index in [1.54, 1.807) is 30.2 Å². The Morgan fingerprint density at radius 1 is 1.18 bits per heavy atom. The number of nitrogens with zero attached hydrogens (tertiary/aromatic N) is 2. The molecule has 152 valence electrons. The van der Waals surface area contributed by atoms with Crippen molar-refractivity contribution in [3.63, 3.8) is 0 Å². The largest absolute Gasteiger partial charge is 0.469 e. The smallest absolute Gasteiger partial charge is 0.257 e. The van der Waals surface area contributed by atoms with Crippen LogP contribution >= 0.6 is 0 Å². The Bertz CT molecular complexity index is 750. The van der Waals surface area contributed by atoms with Crippen LogP contribution in [-0.4, -0.2) is 67.6 Å². The summed E-state index contributed by atoms with van der Waals surface area (Å²) in [6.07, 6.45) is 3.29. The van der Waals surface area contributed by atoms with Gasteiger partial charge in [-0.1, -0.05) is 0 Å². The molecular weight excluding hydrogens is 362 g/mol. The van der Waals surface area contributed by atoms with Gasteiger partial charge < -0.3 is 23.8 Å². The molecule has 2 aromatic heterocycles. The molecule has 0 aliphatic carbocycles. The van der Waals surface area contributed by atoms with Crippen molar-refractivity contribution in [3.05, 3.63) is 47.8 Å². The lowest BCUT2D eigenvalue weighted by molar-refractivity contribution is -0.121. The molecule has 3 rings (SSSR count). The monoisotopic (exact) mass is 389 g/mol. The van der Waals surface area contributed by atoms with Gasteiger partial charge in [0.1, 0.15) is 11.5 Å². The Balaban J connectivity index is 1.50. The van der Waals surface area contributed by atoms with Crippen molar-refractivity contribution < 1.29 is 23.2 Å². The fourth-order valence-electron chi connectivity index (χ4n) is 3.12. The highest BCUT2D eigenvalue weighted by molar-refractivity contribution is 5.95. The van der Waals surface area contributed by atoms with Gasteiger partial charge in [0.2, 0.25) is 5.91 Å². The van der Waals surface area contributed by atoms with Gasteiger partial charge in [-0.2, -0.15) is 0 Å². The highest BCUT2D eigenvalue weighted by Crippen LogP contribution is 2.15. The van der Waals surface area contributed by atoms with Crippen molar-refractivity contribution in [2.75, 3.05) is 45.9 Å². The van der Waals surface area contributed by atoms with Crippen LogP contribution in [0.25, 0.3) is 0 Å². The molecule has 0 saturated carbocycles. The summed E-state index contributed by atoms with van der Waals surface area (Å²) in [4.78, 5) is 29.0. The van der Waals surface area contributed by atoms with Crippen LogP contribution in [0, 0.1) is 6.92 Å². The maximum absolute atomic E-state index is 12.9. The van der Waals surface area contributed by atoms with Crippen molar-refractivity contribution in [1.82, 2.24) is 15.1 Å². The highest BCUT2D eigenvalue weighted by Gasteiger charge is 2.21. The predicted molar refractivity (Wildman–Crippen MR) is 102 cm³/mol. The number of furan rings is 2. The fourth-order valence-corrected chi connectivity index (χ4v) is 3.12. The molecule has 0 spiro atoms. The van der Waals surface area contributed by atoms with Gasteiger partial charge in [-0.15, -0.1) is 0 Å². The molecule has 1 N–H and O–H groups in total. The highest BCUT2D eigenvalue weighted by atomic mass is 16.5. The van der Waals surface area contributed by atoms with Crippen LogP contribution in [0.2, 0.25) is 0 Å². The molecule has 1 saturated heterocycles. The Kier molecular flexibility index (Phi) is 7.27. The fraction of sp³-hybridized carbons (Fsp3) is 0.500. The third-order valence-corrected chi connectivity index (χ3v) is 4.77. The standard InChI is InChI=1S/C20H27N3O5/c1-16-18(5-12-27-16)20(25)23(15-17-3-2-11-28-17)7-4-19(24)21-6-8-22-9-13-26-14-10-22/h2-3,5,11-12H,4,6-10,13-15H2,1H3,(H,21,24). The minimum Gasteiger partial charge on any atom is -0.469 e. The number of carbonyl (C=O) groups excluding carboxylic acids is 2. The number of nitrogens with one attached hydrogen (secondary N) is 1. The van der Waals surface area contributed by atoms with Crippen LogP contribution in [0.4, 0.5) is 0 Å². The second-order valence-corrected chi connectivity index (χ2v) is 6.75. The maximum atomic E-state index is 12.9. The number of carbonyl (C=O) groups is 2. The Morgan fingerprint density at radius 3 is 2.68 bits per heavy atom. The van der Waals surface area contributed by atoms with Gasteiger partial charge in [0.15, 0.2) is 0 Å². The summed E-state index contributed by atoms with van der Waals surface area (Å²) in [5.74, 6) is 0.977. The Labute approximate surface area is 164 Å². The first kappa shape index (κ1) is 20.2. The summed E-state index contributed by atoms with van der Waals surface area (Å²) in [5, 5.41) is 2.93. The molecule has 3 heterocycles. The predicted octanol–water partition coefficient (Wildman–Crippen LogP) is 1.66. The zero-order valence-electron chi connectivity index (χ0n) is 16.2. The minimum atomic E-state index is -0.177. The first-order valence-electron chi connectivity index (χ1n) is 9.56. The van der Waals surface area contributed by atoms with E-state index in [0.29, 0.717) is 36.7 Å². The number of ether oxygens (including phenoxy) is 1. The summed E-state index contributed by atoms with van der Waals surface area (Å²) in [7, 11) is 0. The van der Waals surface area contributed by atoms with E-state index in [2.05, 4.69) is 10.2 Å². The molecule has 1 aliphatic heterocycles. The van der Waals surface area contributed by atoms with Crippen molar-refractivity contribution in [3.8, 4) is 0 Å². The second kappa shape index (κ2) is 10.1. The van der Waals surface area contributed by atoms with E-state index >= 15 is 0 Å². The number of rotatable bonds is 9. The molecule has 1 aliphatic rings. The van der Waals surface area contributed by atoms with Crippen LogP contribution in [0.15, 0.2) is 39.6 Å². The van der Waals surface area contributed by atoms with Gasteiger partial charge in [0.05, 0.1) is 37.8 Å². The summed E-state index contributed by atoms with van der Waals surface area (Å²) in [5.41, 5.74) is 0.499. The molecule has 0 atom stereocenters. The van der Waals surface area contributed by atoms with E-state index in [-0.39, 0.29) is 18.2 Å². The zero-order valence-corrected chi connectivity index (χ0v) is 16.2. The van der Waals surface area contributed by atoms with Crippen LogP contribution in [-0.2, 0) is 16.1 Å². The van der Waals surface area contributed by atoms with E-state index in [4.69, 9.17) is 13.6 Å². The first-order chi connectivity index (χ1) is 13.6. The number of hydrogen-bond donors (Lipinski definition) is 1. The molecular formula is C20H27N3O5. The Hall–Kier alpha value is -2.58. The lowest BCUT2D eigenvalue weighted by Crippen LogP contribution is -2.42. The molecule has 8 heteroatoms. The normalized spacial score (nSPS) is 14.8. The number of morpholine rings is 1. The average Bonchev–Trinajstić information content (AvgIpc) is 3.37. The van der Waals surface area contributed by atoms with E-state index in [1.807, 2.05) is 6.07 Å². The lowest BCUT2D eigenvalue weighted by atomic mass is 10.2. The molecule has 0 bridgehead atoms. The summed E-state index contributed by atoms with van der Waals surface area (Å²) >= 11 is 0.